The Morgan fingerprint density at radius 3 is 2.95 bits per heavy atom. The second kappa shape index (κ2) is 5.96. The van der Waals surface area contributed by atoms with Crippen LogP contribution < -0.4 is 0 Å². The van der Waals surface area contributed by atoms with Gasteiger partial charge in [0.1, 0.15) is 6.61 Å². The van der Waals surface area contributed by atoms with E-state index in [2.05, 4.69) is 4.90 Å². The van der Waals surface area contributed by atoms with E-state index in [-0.39, 0.29) is 18.0 Å². The Bertz CT molecular complexity index is 588. The first kappa shape index (κ1) is 14.8. The molecule has 1 atom stereocenters. The molecular formula is C16H21N3O3. The number of piperazine rings is 1. The van der Waals surface area contributed by atoms with Crippen LogP contribution in [-0.2, 0) is 11.3 Å². The van der Waals surface area contributed by atoms with Crippen molar-refractivity contribution in [2.75, 3.05) is 40.3 Å². The minimum absolute atomic E-state index is 0.00448. The fourth-order valence-corrected chi connectivity index (χ4v) is 3.02. The van der Waals surface area contributed by atoms with Crippen molar-refractivity contribution in [1.29, 1.82) is 0 Å². The highest BCUT2D eigenvalue weighted by Gasteiger charge is 2.38. The number of amides is 2. The molecule has 1 aromatic carbocycles. The van der Waals surface area contributed by atoms with Gasteiger partial charge in [-0.2, -0.15) is 0 Å². The van der Waals surface area contributed by atoms with Crippen LogP contribution >= 0.6 is 0 Å². The van der Waals surface area contributed by atoms with Crippen LogP contribution in [0.4, 0.5) is 4.79 Å². The van der Waals surface area contributed by atoms with E-state index in [1.54, 1.807) is 4.90 Å². The number of ether oxygens (including phenoxy) is 1. The van der Waals surface area contributed by atoms with Gasteiger partial charge in [-0.25, -0.2) is 4.79 Å². The number of hydrogen-bond acceptors (Lipinski definition) is 4. The number of carbonyl (C=O) groups is 2. The van der Waals surface area contributed by atoms with Crippen LogP contribution in [0.15, 0.2) is 24.3 Å². The van der Waals surface area contributed by atoms with Gasteiger partial charge in [0, 0.05) is 31.7 Å². The first-order valence-electron chi connectivity index (χ1n) is 7.51. The third kappa shape index (κ3) is 2.92. The van der Waals surface area contributed by atoms with E-state index in [1.807, 2.05) is 43.3 Å². The lowest BCUT2D eigenvalue weighted by atomic mass is 10.1. The van der Waals surface area contributed by atoms with Gasteiger partial charge >= 0.3 is 6.09 Å². The maximum absolute atomic E-state index is 12.7. The zero-order valence-electron chi connectivity index (χ0n) is 13.0. The molecule has 1 unspecified atom stereocenters. The third-order valence-electron chi connectivity index (χ3n) is 4.08. The summed E-state index contributed by atoms with van der Waals surface area (Å²) >= 11 is 0. The molecule has 0 spiro atoms. The summed E-state index contributed by atoms with van der Waals surface area (Å²) in [4.78, 5) is 29.8. The monoisotopic (exact) mass is 303 g/mol. The number of carbonyl (C=O) groups excluding carboxylic acids is 2. The maximum Gasteiger partial charge on any atom is 0.410 e. The number of cyclic esters (lactones) is 1. The molecule has 1 aromatic rings. The fraction of sp³-hybridized carbons (Fsp3) is 0.500. The lowest BCUT2D eigenvalue weighted by Crippen LogP contribution is -2.53. The Kier molecular flexibility index (Phi) is 4.02. The van der Waals surface area contributed by atoms with Gasteiger partial charge < -0.3 is 14.5 Å². The molecule has 22 heavy (non-hydrogen) atoms. The molecule has 0 aromatic heterocycles. The SMILES string of the molecule is CN(C)Cc1cccc(C(=O)N2CCN3C(=O)OCC3C2)c1. The number of rotatable bonds is 3. The highest BCUT2D eigenvalue weighted by Crippen LogP contribution is 2.19. The van der Waals surface area contributed by atoms with Crippen molar-refractivity contribution in [2.45, 2.75) is 12.6 Å². The zero-order chi connectivity index (χ0) is 15.7. The normalized spacial score (nSPS) is 21.0. The maximum atomic E-state index is 12.7. The van der Waals surface area contributed by atoms with Crippen molar-refractivity contribution < 1.29 is 14.3 Å². The summed E-state index contributed by atoms with van der Waals surface area (Å²) in [7, 11) is 4.01. The van der Waals surface area contributed by atoms with Crippen molar-refractivity contribution in [1.82, 2.24) is 14.7 Å². The Morgan fingerprint density at radius 2 is 2.18 bits per heavy atom. The summed E-state index contributed by atoms with van der Waals surface area (Å²) < 4.78 is 5.04. The lowest BCUT2D eigenvalue weighted by molar-refractivity contribution is 0.0617. The molecule has 118 valence electrons. The van der Waals surface area contributed by atoms with Crippen LogP contribution in [-0.4, -0.2) is 73.1 Å². The molecule has 2 heterocycles. The quantitative estimate of drug-likeness (QED) is 0.837. The summed E-state index contributed by atoms with van der Waals surface area (Å²) in [5.74, 6) is 0.0274. The van der Waals surface area contributed by atoms with Crippen LogP contribution in [0.25, 0.3) is 0 Å². The zero-order valence-corrected chi connectivity index (χ0v) is 13.0. The fourth-order valence-electron chi connectivity index (χ4n) is 3.02. The van der Waals surface area contributed by atoms with E-state index in [0.29, 0.717) is 31.8 Å². The summed E-state index contributed by atoms with van der Waals surface area (Å²) in [5.41, 5.74) is 1.83. The predicted molar refractivity (Wildman–Crippen MR) is 81.6 cm³/mol. The molecule has 2 aliphatic heterocycles. The smallest absolute Gasteiger partial charge is 0.410 e. The predicted octanol–water partition coefficient (Wildman–Crippen LogP) is 1.02. The Balaban J connectivity index is 1.70. The minimum atomic E-state index is -0.259. The van der Waals surface area contributed by atoms with Gasteiger partial charge in [0.05, 0.1) is 6.04 Å². The van der Waals surface area contributed by atoms with E-state index in [0.717, 1.165) is 12.1 Å². The first-order valence-corrected chi connectivity index (χ1v) is 7.51. The molecule has 0 radical (unpaired) electrons. The molecule has 2 fully saturated rings. The molecule has 2 amide bonds. The molecule has 2 saturated heterocycles. The number of hydrogen-bond donors (Lipinski definition) is 0. The van der Waals surface area contributed by atoms with Crippen molar-refractivity contribution in [3.63, 3.8) is 0 Å². The molecule has 0 N–H and O–H groups in total. The van der Waals surface area contributed by atoms with Crippen LogP contribution in [0.5, 0.6) is 0 Å². The minimum Gasteiger partial charge on any atom is -0.447 e. The topological polar surface area (TPSA) is 53.1 Å². The van der Waals surface area contributed by atoms with Gasteiger partial charge in [0.25, 0.3) is 5.91 Å². The molecular weight excluding hydrogens is 282 g/mol. The van der Waals surface area contributed by atoms with E-state index in [4.69, 9.17) is 4.74 Å². The summed E-state index contributed by atoms with van der Waals surface area (Å²) in [5, 5.41) is 0. The largest absolute Gasteiger partial charge is 0.447 e. The third-order valence-corrected chi connectivity index (χ3v) is 4.08. The van der Waals surface area contributed by atoms with Crippen molar-refractivity contribution >= 4 is 12.0 Å². The van der Waals surface area contributed by atoms with Crippen molar-refractivity contribution in [3.05, 3.63) is 35.4 Å². The van der Waals surface area contributed by atoms with E-state index in [9.17, 15) is 9.59 Å². The highest BCUT2D eigenvalue weighted by atomic mass is 16.6. The molecule has 6 heteroatoms. The lowest BCUT2D eigenvalue weighted by Gasteiger charge is -2.35. The van der Waals surface area contributed by atoms with Crippen molar-refractivity contribution in [2.24, 2.45) is 0 Å². The van der Waals surface area contributed by atoms with Crippen molar-refractivity contribution in [3.8, 4) is 0 Å². The molecule has 3 rings (SSSR count). The second-order valence-corrected chi connectivity index (χ2v) is 6.11. The van der Waals surface area contributed by atoms with E-state index < -0.39 is 0 Å². The van der Waals surface area contributed by atoms with Crippen LogP contribution in [0.2, 0.25) is 0 Å². The standard InChI is InChI=1S/C16H21N3O3/c1-17(2)9-12-4-3-5-13(8-12)15(20)18-6-7-19-14(10-18)11-22-16(19)21/h3-5,8,14H,6-7,9-11H2,1-2H3. The van der Waals surface area contributed by atoms with Crippen LogP contribution in [0.3, 0.4) is 0 Å². The average Bonchev–Trinajstić information content (AvgIpc) is 2.87. The highest BCUT2D eigenvalue weighted by molar-refractivity contribution is 5.94. The van der Waals surface area contributed by atoms with E-state index in [1.165, 1.54) is 0 Å². The van der Waals surface area contributed by atoms with Gasteiger partial charge in [-0.15, -0.1) is 0 Å². The van der Waals surface area contributed by atoms with Gasteiger partial charge in [0.2, 0.25) is 0 Å². The van der Waals surface area contributed by atoms with E-state index >= 15 is 0 Å². The summed E-state index contributed by atoms with van der Waals surface area (Å²) in [6.45, 7) is 2.83. The molecule has 0 aliphatic carbocycles. The average molecular weight is 303 g/mol. The number of fused-ring (bicyclic) bond motifs is 1. The van der Waals surface area contributed by atoms with Crippen LogP contribution in [0.1, 0.15) is 15.9 Å². The van der Waals surface area contributed by atoms with Gasteiger partial charge in [0.15, 0.2) is 0 Å². The van der Waals surface area contributed by atoms with Crippen LogP contribution in [0, 0.1) is 0 Å². The van der Waals surface area contributed by atoms with Gasteiger partial charge in [-0.1, -0.05) is 12.1 Å². The Labute approximate surface area is 130 Å². The molecule has 2 aliphatic rings. The second-order valence-electron chi connectivity index (χ2n) is 6.11. The number of benzene rings is 1. The summed E-state index contributed by atoms with van der Waals surface area (Å²) in [6.07, 6.45) is -0.259. The Hall–Kier alpha value is -2.08. The number of nitrogens with zero attached hydrogens (tertiary/aromatic N) is 3. The molecule has 0 bridgehead atoms. The van der Waals surface area contributed by atoms with Gasteiger partial charge in [-0.3, -0.25) is 9.69 Å². The van der Waals surface area contributed by atoms with Gasteiger partial charge in [-0.05, 0) is 31.8 Å². The summed E-state index contributed by atoms with van der Waals surface area (Å²) in [6, 6.07) is 7.74. The Morgan fingerprint density at radius 1 is 1.36 bits per heavy atom. The molecule has 6 nitrogen and oxygen atoms in total. The molecule has 0 saturated carbocycles. The first-order chi connectivity index (χ1) is 10.5.